The normalized spacial score (nSPS) is 16.4. The first-order valence-corrected chi connectivity index (χ1v) is 7.78. The molecule has 0 saturated carbocycles. The molecule has 5 heteroatoms. The quantitative estimate of drug-likeness (QED) is 0.761. The molecule has 0 aliphatic carbocycles. The highest BCUT2D eigenvalue weighted by Crippen LogP contribution is 2.37. The van der Waals surface area contributed by atoms with Crippen molar-refractivity contribution in [2.75, 3.05) is 12.4 Å². The molecule has 2 N–H and O–H groups in total. The predicted molar refractivity (Wildman–Crippen MR) is 91.4 cm³/mol. The van der Waals surface area contributed by atoms with E-state index in [-0.39, 0.29) is 11.8 Å². The first-order valence-electron chi connectivity index (χ1n) is 7.40. The van der Waals surface area contributed by atoms with E-state index < -0.39 is 0 Å². The average molecular weight is 327 g/mol. The van der Waals surface area contributed by atoms with Crippen LogP contribution in [0.3, 0.4) is 0 Å². The molecule has 1 aliphatic heterocycles. The van der Waals surface area contributed by atoms with Crippen LogP contribution in [-0.4, -0.2) is 18.0 Å². The first-order chi connectivity index (χ1) is 11.2. The van der Waals surface area contributed by atoms with Gasteiger partial charge in [0.2, 0.25) is 5.91 Å². The van der Waals surface area contributed by atoms with E-state index in [1.54, 1.807) is 13.2 Å². The second-order valence-corrected chi connectivity index (χ2v) is 6.14. The van der Waals surface area contributed by atoms with E-state index in [4.69, 9.17) is 16.3 Å². The lowest BCUT2D eigenvalue weighted by molar-refractivity contribution is -0.117. The van der Waals surface area contributed by atoms with Crippen molar-refractivity contribution >= 4 is 34.1 Å². The summed E-state index contributed by atoms with van der Waals surface area (Å²) < 4.78 is 5.30. The molecule has 1 atom stereocenters. The number of anilines is 1. The lowest BCUT2D eigenvalue weighted by Crippen LogP contribution is -2.14. The number of rotatable bonds is 3. The highest BCUT2D eigenvalue weighted by Gasteiger charge is 2.31. The summed E-state index contributed by atoms with van der Waals surface area (Å²) in [6.45, 7) is 0. The van der Waals surface area contributed by atoms with Crippen LogP contribution in [0, 0.1) is 0 Å². The van der Waals surface area contributed by atoms with Gasteiger partial charge in [0.25, 0.3) is 0 Å². The van der Waals surface area contributed by atoms with Crippen LogP contribution in [0.1, 0.15) is 17.0 Å². The van der Waals surface area contributed by atoms with E-state index in [0.717, 1.165) is 33.5 Å². The zero-order valence-electron chi connectivity index (χ0n) is 12.5. The molecule has 23 heavy (non-hydrogen) atoms. The van der Waals surface area contributed by atoms with Gasteiger partial charge in [-0.05, 0) is 47.9 Å². The van der Waals surface area contributed by atoms with Gasteiger partial charge in [-0.3, -0.25) is 4.79 Å². The number of carbonyl (C=O) groups is 1. The summed E-state index contributed by atoms with van der Waals surface area (Å²) in [5, 5.41) is 4.62. The van der Waals surface area contributed by atoms with Gasteiger partial charge in [0, 0.05) is 27.8 Å². The Labute approximate surface area is 138 Å². The number of nitrogens with one attached hydrogen (secondary N) is 2. The van der Waals surface area contributed by atoms with Crippen molar-refractivity contribution < 1.29 is 9.53 Å². The Morgan fingerprint density at radius 1 is 1.22 bits per heavy atom. The standard InChI is InChI=1S/C18H15ClN2O2/c1-23-12-3-5-16-14(8-12)10(9-20-16)6-15-13-4-2-11(19)7-17(13)21-18(15)22/h2-5,7-9,15,20H,6H2,1H3,(H,21,22)/t15-/m1/s1. The number of hydrogen-bond acceptors (Lipinski definition) is 2. The van der Waals surface area contributed by atoms with E-state index in [9.17, 15) is 4.79 Å². The number of aromatic amines is 1. The summed E-state index contributed by atoms with van der Waals surface area (Å²) >= 11 is 6.00. The summed E-state index contributed by atoms with van der Waals surface area (Å²) in [6, 6.07) is 11.5. The van der Waals surface area contributed by atoms with Gasteiger partial charge in [-0.2, -0.15) is 0 Å². The minimum atomic E-state index is -0.201. The van der Waals surface area contributed by atoms with Crippen LogP contribution in [0.2, 0.25) is 5.02 Å². The number of fused-ring (bicyclic) bond motifs is 2. The second kappa shape index (κ2) is 5.32. The van der Waals surface area contributed by atoms with E-state index in [2.05, 4.69) is 10.3 Å². The lowest BCUT2D eigenvalue weighted by Gasteiger charge is -2.08. The highest BCUT2D eigenvalue weighted by atomic mass is 35.5. The molecule has 1 aromatic heterocycles. The molecule has 0 spiro atoms. The Morgan fingerprint density at radius 3 is 2.91 bits per heavy atom. The molecule has 3 aromatic rings. The van der Waals surface area contributed by atoms with Crippen LogP contribution in [0.25, 0.3) is 10.9 Å². The maximum absolute atomic E-state index is 12.3. The molecule has 0 bridgehead atoms. The van der Waals surface area contributed by atoms with Crippen molar-refractivity contribution in [2.24, 2.45) is 0 Å². The Bertz CT molecular complexity index is 917. The van der Waals surface area contributed by atoms with E-state index in [1.165, 1.54) is 0 Å². The number of aromatic nitrogens is 1. The van der Waals surface area contributed by atoms with Crippen molar-refractivity contribution in [3.63, 3.8) is 0 Å². The third-order valence-corrected chi connectivity index (χ3v) is 4.60. The summed E-state index contributed by atoms with van der Waals surface area (Å²) in [5.74, 6) is 0.619. The Balaban J connectivity index is 1.73. The molecule has 4 rings (SSSR count). The smallest absolute Gasteiger partial charge is 0.232 e. The molecule has 0 saturated heterocycles. The van der Waals surface area contributed by atoms with Crippen molar-refractivity contribution in [3.8, 4) is 5.75 Å². The van der Waals surface area contributed by atoms with Gasteiger partial charge in [0.15, 0.2) is 0 Å². The molecule has 2 heterocycles. The number of hydrogen-bond donors (Lipinski definition) is 2. The van der Waals surface area contributed by atoms with Gasteiger partial charge < -0.3 is 15.0 Å². The number of amides is 1. The minimum absolute atomic E-state index is 0.0134. The first kappa shape index (κ1) is 14.2. The monoisotopic (exact) mass is 326 g/mol. The van der Waals surface area contributed by atoms with Crippen molar-refractivity contribution in [2.45, 2.75) is 12.3 Å². The van der Waals surface area contributed by atoms with Gasteiger partial charge in [-0.15, -0.1) is 0 Å². The maximum atomic E-state index is 12.3. The second-order valence-electron chi connectivity index (χ2n) is 5.70. The Kier molecular flexibility index (Phi) is 3.27. The molecule has 0 unspecified atom stereocenters. The third-order valence-electron chi connectivity index (χ3n) is 4.36. The molecule has 4 nitrogen and oxygen atoms in total. The number of halogens is 1. The SMILES string of the molecule is COc1ccc2[nH]cc(C[C@H]3C(=O)Nc4cc(Cl)ccc43)c2c1. The van der Waals surface area contributed by atoms with Crippen molar-refractivity contribution in [1.82, 2.24) is 4.98 Å². The van der Waals surface area contributed by atoms with Crippen molar-refractivity contribution in [1.29, 1.82) is 0 Å². The number of benzene rings is 2. The zero-order valence-corrected chi connectivity index (χ0v) is 13.3. The summed E-state index contributed by atoms with van der Waals surface area (Å²) in [6.07, 6.45) is 2.60. The highest BCUT2D eigenvalue weighted by molar-refractivity contribution is 6.31. The molecule has 0 radical (unpaired) electrons. The summed E-state index contributed by atoms with van der Waals surface area (Å²) in [4.78, 5) is 15.6. The van der Waals surface area contributed by atoms with E-state index in [0.29, 0.717) is 11.4 Å². The molecular formula is C18H15ClN2O2. The molecule has 0 fully saturated rings. The van der Waals surface area contributed by atoms with Crippen LogP contribution in [0.4, 0.5) is 5.69 Å². The van der Waals surface area contributed by atoms with Gasteiger partial charge in [-0.1, -0.05) is 17.7 Å². The van der Waals surface area contributed by atoms with Gasteiger partial charge in [-0.25, -0.2) is 0 Å². The fourth-order valence-electron chi connectivity index (χ4n) is 3.18. The topological polar surface area (TPSA) is 54.1 Å². The lowest BCUT2D eigenvalue weighted by atomic mass is 9.93. The number of carbonyl (C=O) groups excluding carboxylic acids is 1. The molecular weight excluding hydrogens is 312 g/mol. The molecule has 2 aromatic carbocycles. The largest absolute Gasteiger partial charge is 0.497 e. The average Bonchev–Trinajstić information content (AvgIpc) is 3.08. The number of H-pyrrole nitrogens is 1. The van der Waals surface area contributed by atoms with E-state index >= 15 is 0 Å². The molecule has 116 valence electrons. The minimum Gasteiger partial charge on any atom is -0.497 e. The van der Waals surface area contributed by atoms with Gasteiger partial charge >= 0.3 is 0 Å². The maximum Gasteiger partial charge on any atom is 0.232 e. The van der Waals surface area contributed by atoms with Crippen LogP contribution in [0.5, 0.6) is 5.75 Å². The van der Waals surface area contributed by atoms with Gasteiger partial charge in [0.1, 0.15) is 5.75 Å². The van der Waals surface area contributed by atoms with E-state index in [1.807, 2.05) is 36.5 Å². The summed E-state index contributed by atoms with van der Waals surface area (Å²) in [5.41, 5.74) is 3.94. The summed E-state index contributed by atoms with van der Waals surface area (Å²) in [7, 11) is 1.65. The Hall–Kier alpha value is -2.46. The predicted octanol–water partition coefficient (Wildman–Crippen LogP) is 4.11. The van der Waals surface area contributed by atoms with Gasteiger partial charge in [0.05, 0.1) is 13.0 Å². The van der Waals surface area contributed by atoms with Crippen molar-refractivity contribution in [3.05, 3.63) is 58.7 Å². The zero-order chi connectivity index (χ0) is 16.0. The number of methoxy groups -OCH3 is 1. The fourth-order valence-corrected chi connectivity index (χ4v) is 3.35. The molecule has 1 amide bonds. The Morgan fingerprint density at radius 2 is 2.09 bits per heavy atom. The van der Waals surface area contributed by atoms with Crippen LogP contribution < -0.4 is 10.1 Å². The van der Waals surface area contributed by atoms with Crippen LogP contribution in [0.15, 0.2) is 42.6 Å². The molecule has 1 aliphatic rings. The van der Waals surface area contributed by atoms with Crippen LogP contribution >= 0.6 is 11.6 Å². The van der Waals surface area contributed by atoms with Crippen LogP contribution in [-0.2, 0) is 11.2 Å². The fraction of sp³-hybridized carbons (Fsp3) is 0.167. The number of ether oxygens (including phenoxy) is 1. The third kappa shape index (κ3) is 2.35.